The molecule has 5 nitrogen and oxygen atoms in total. The maximum atomic E-state index is 12.3. The molecule has 2 aliphatic carbocycles. The van der Waals surface area contributed by atoms with Crippen molar-refractivity contribution in [1.82, 2.24) is 0 Å². The monoisotopic (exact) mass is 580 g/mol. The highest BCUT2D eigenvalue weighted by Gasteiger charge is 2.39. The first-order chi connectivity index (χ1) is 18.8. The maximum Gasteiger partial charge on any atom is 0.416 e. The van der Waals surface area contributed by atoms with Crippen LogP contribution >= 0.6 is 0 Å². The molecule has 1 N–H and O–H groups in total. The average Bonchev–Trinajstić information content (AvgIpc) is 3.36. The van der Waals surface area contributed by atoms with Gasteiger partial charge >= 0.3 is 12.4 Å². The molecule has 1 heterocycles. The van der Waals surface area contributed by atoms with E-state index in [0.29, 0.717) is 43.6 Å². The Morgan fingerprint density at radius 2 is 1.20 bits per heavy atom. The number of aliphatic hydroxyl groups is 1. The zero-order chi connectivity index (χ0) is 29.4. The smallest absolute Gasteiger partial charge is 0.416 e. The molecule has 0 aromatic heterocycles. The Morgan fingerprint density at radius 1 is 0.750 bits per heavy atom. The van der Waals surface area contributed by atoms with Gasteiger partial charge in [0.25, 0.3) is 0 Å². The lowest BCUT2D eigenvalue weighted by Crippen LogP contribution is -2.36. The molecule has 0 bridgehead atoms. The van der Waals surface area contributed by atoms with Crippen LogP contribution in [-0.4, -0.2) is 42.1 Å². The first-order valence-electron chi connectivity index (χ1n) is 12.9. The lowest BCUT2D eigenvalue weighted by Gasteiger charge is -2.33. The molecule has 0 radical (unpaired) electrons. The molecule has 0 amide bonds. The SMILES string of the molecule is Fc1ccc(C(F)(F)F)cc1.O=C1CCC(Oc2ccc(C(F)(F)F)cc2)CC1.OC1CCC2(CC1)OCCO2. The molecular weight excluding hydrogens is 549 g/mol. The number of hydrogen-bond acceptors (Lipinski definition) is 5. The minimum Gasteiger partial charge on any atom is -0.490 e. The molecule has 5 rings (SSSR count). The second-order valence-electron chi connectivity index (χ2n) is 9.72. The molecule has 222 valence electrons. The summed E-state index contributed by atoms with van der Waals surface area (Å²) < 4.78 is 101. The van der Waals surface area contributed by atoms with Gasteiger partial charge in [-0.3, -0.25) is 4.79 Å². The lowest BCUT2D eigenvalue weighted by atomic mass is 9.92. The van der Waals surface area contributed by atoms with Crippen molar-refractivity contribution < 1.29 is 54.8 Å². The summed E-state index contributed by atoms with van der Waals surface area (Å²) in [4.78, 5) is 11.0. The van der Waals surface area contributed by atoms with Gasteiger partial charge in [-0.05, 0) is 74.2 Å². The fourth-order valence-electron chi connectivity index (χ4n) is 4.41. The zero-order valence-electron chi connectivity index (χ0n) is 21.6. The summed E-state index contributed by atoms with van der Waals surface area (Å²) in [7, 11) is 0. The number of halogens is 7. The minimum atomic E-state index is -4.38. The average molecular weight is 581 g/mol. The largest absolute Gasteiger partial charge is 0.490 e. The lowest BCUT2D eigenvalue weighted by molar-refractivity contribution is -0.187. The van der Waals surface area contributed by atoms with Gasteiger partial charge in [0.1, 0.15) is 17.3 Å². The summed E-state index contributed by atoms with van der Waals surface area (Å²) in [6, 6.07) is 7.61. The summed E-state index contributed by atoms with van der Waals surface area (Å²) >= 11 is 0. The van der Waals surface area contributed by atoms with E-state index in [4.69, 9.17) is 14.2 Å². The van der Waals surface area contributed by atoms with Crippen LogP contribution in [0.1, 0.15) is 62.5 Å². The van der Waals surface area contributed by atoms with E-state index in [9.17, 15) is 40.6 Å². The predicted molar refractivity (Wildman–Crippen MR) is 130 cm³/mol. The number of ether oxygens (including phenoxy) is 3. The Hall–Kier alpha value is -2.70. The van der Waals surface area contributed by atoms with Gasteiger partial charge in [0.2, 0.25) is 0 Å². The van der Waals surface area contributed by atoms with Crippen molar-refractivity contribution in [3.8, 4) is 5.75 Å². The first-order valence-corrected chi connectivity index (χ1v) is 12.9. The zero-order valence-corrected chi connectivity index (χ0v) is 21.6. The highest BCUT2D eigenvalue weighted by atomic mass is 19.4. The Kier molecular flexibility index (Phi) is 11.0. The highest BCUT2D eigenvalue weighted by molar-refractivity contribution is 5.79. The van der Waals surface area contributed by atoms with Crippen molar-refractivity contribution in [3.63, 3.8) is 0 Å². The number of alkyl halides is 6. The van der Waals surface area contributed by atoms with Crippen LogP contribution in [0.3, 0.4) is 0 Å². The van der Waals surface area contributed by atoms with Crippen LogP contribution in [0.5, 0.6) is 5.75 Å². The molecule has 1 aliphatic heterocycles. The number of carbonyl (C=O) groups is 1. The molecule has 3 aliphatic rings. The van der Waals surface area contributed by atoms with E-state index in [1.807, 2.05) is 0 Å². The van der Waals surface area contributed by atoms with E-state index < -0.39 is 29.3 Å². The molecule has 1 saturated heterocycles. The summed E-state index contributed by atoms with van der Waals surface area (Å²) in [5.74, 6) is -0.332. The number of aliphatic hydroxyl groups excluding tert-OH is 1. The highest BCUT2D eigenvalue weighted by Crippen LogP contribution is 2.35. The van der Waals surface area contributed by atoms with Crippen LogP contribution < -0.4 is 4.74 Å². The van der Waals surface area contributed by atoms with Gasteiger partial charge in [0, 0.05) is 25.7 Å². The van der Waals surface area contributed by atoms with Crippen LogP contribution in [0.15, 0.2) is 48.5 Å². The van der Waals surface area contributed by atoms with Gasteiger partial charge in [0.05, 0.1) is 36.5 Å². The quantitative estimate of drug-likeness (QED) is 0.384. The number of Topliss-reactive ketones (excluding diaryl/α,β-unsaturated/α-hetero) is 1. The third-order valence-corrected chi connectivity index (χ3v) is 6.68. The van der Waals surface area contributed by atoms with Gasteiger partial charge < -0.3 is 19.3 Å². The Bertz CT molecular complexity index is 1040. The van der Waals surface area contributed by atoms with Gasteiger partial charge in [-0.15, -0.1) is 0 Å². The molecule has 0 unspecified atom stereocenters. The van der Waals surface area contributed by atoms with Crippen molar-refractivity contribution in [3.05, 3.63) is 65.5 Å². The number of hydrogen-bond donors (Lipinski definition) is 1. The number of ketones is 1. The van der Waals surface area contributed by atoms with Crippen LogP contribution in [0.4, 0.5) is 30.7 Å². The van der Waals surface area contributed by atoms with Crippen molar-refractivity contribution >= 4 is 5.78 Å². The van der Waals surface area contributed by atoms with E-state index in [1.165, 1.54) is 12.1 Å². The third kappa shape index (κ3) is 10.0. The predicted octanol–water partition coefficient (Wildman–Crippen LogP) is 7.10. The Morgan fingerprint density at radius 3 is 1.65 bits per heavy atom. The summed E-state index contributed by atoms with van der Waals surface area (Å²) in [5, 5.41) is 9.24. The standard InChI is InChI=1S/C13H13F3O2.C8H14O3.C7H4F4/c14-13(15,16)9-1-5-11(6-2-9)18-12-7-3-10(17)4-8-12;9-7-1-3-8(4-2-7)10-5-6-11-8;8-6-3-1-5(2-4-6)7(9,10)11/h1-2,5-6,12H,3-4,7-8H2;7,9H,1-6H2;1-4H. The van der Waals surface area contributed by atoms with Crippen molar-refractivity contribution in [1.29, 1.82) is 0 Å². The molecule has 2 saturated carbocycles. The Balaban J connectivity index is 0.000000174. The van der Waals surface area contributed by atoms with Crippen LogP contribution in [0.25, 0.3) is 0 Å². The van der Waals surface area contributed by atoms with Crippen LogP contribution in [0, 0.1) is 5.82 Å². The van der Waals surface area contributed by atoms with E-state index in [-0.39, 0.29) is 23.8 Å². The van der Waals surface area contributed by atoms with Crippen molar-refractivity contribution in [2.45, 2.75) is 81.7 Å². The molecule has 2 aromatic rings. The van der Waals surface area contributed by atoms with Gasteiger partial charge in [0.15, 0.2) is 5.79 Å². The molecule has 40 heavy (non-hydrogen) atoms. The van der Waals surface area contributed by atoms with Crippen LogP contribution in [-0.2, 0) is 26.6 Å². The summed E-state index contributed by atoms with van der Waals surface area (Å²) in [5.41, 5.74) is -1.52. The fraction of sp³-hybridized carbons (Fsp3) is 0.536. The Labute approximate surface area is 227 Å². The normalized spacial score (nSPS) is 19.9. The van der Waals surface area contributed by atoms with Crippen molar-refractivity contribution in [2.75, 3.05) is 13.2 Å². The third-order valence-electron chi connectivity index (χ3n) is 6.68. The molecule has 12 heteroatoms. The number of rotatable bonds is 2. The molecule has 2 aromatic carbocycles. The van der Waals surface area contributed by atoms with E-state index in [1.54, 1.807) is 0 Å². The fourth-order valence-corrected chi connectivity index (χ4v) is 4.41. The topological polar surface area (TPSA) is 65.0 Å². The first kappa shape index (κ1) is 31.8. The second kappa shape index (κ2) is 13.8. The van der Waals surface area contributed by atoms with Crippen LogP contribution in [0.2, 0.25) is 0 Å². The van der Waals surface area contributed by atoms with E-state index in [2.05, 4.69) is 0 Å². The van der Waals surface area contributed by atoms with Gasteiger partial charge in [-0.25, -0.2) is 4.39 Å². The van der Waals surface area contributed by atoms with E-state index >= 15 is 0 Å². The molecule has 1 spiro atoms. The summed E-state index contributed by atoms with van der Waals surface area (Å²) in [6.07, 6.45) is -3.30. The summed E-state index contributed by atoms with van der Waals surface area (Å²) in [6.45, 7) is 1.44. The molecule has 3 fully saturated rings. The minimum absolute atomic E-state index is 0.0700. The number of benzene rings is 2. The van der Waals surface area contributed by atoms with E-state index in [0.717, 1.165) is 63.2 Å². The van der Waals surface area contributed by atoms with Crippen molar-refractivity contribution in [2.24, 2.45) is 0 Å². The van der Waals surface area contributed by atoms with Gasteiger partial charge in [-0.2, -0.15) is 26.3 Å². The second-order valence-corrected chi connectivity index (χ2v) is 9.72. The molecular formula is C28H31F7O5. The number of carbonyl (C=O) groups excluding carboxylic acids is 1. The molecule has 0 atom stereocenters. The maximum absolute atomic E-state index is 12.3. The van der Waals surface area contributed by atoms with Gasteiger partial charge in [-0.1, -0.05) is 0 Å².